The van der Waals surface area contributed by atoms with Crippen molar-refractivity contribution in [2.75, 3.05) is 38.3 Å². The summed E-state index contributed by atoms with van der Waals surface area (Å²) in [4.78, 5) is 38.5. The number of aromatic nitrogens is 2. The van der Waals surface area contributed by atoms with Crippen LogP contribution in [0.4, 0.5) is 5.69 Å². The molecule has 5 rings (SSSR count). The summed E-state index contributed by atoms with van der Waals surface area (Å²) in [5.74, 6) is -0.203. The van der Waals surface area contributed by atoms with E-state index in [4.69, 9.17) is 15.5 Å². The number of ether oxygens (including phenoxy) is 1. The second kappa shape index (κ2) is 13.2. The molecule has 1 saturated heterocycles. The van der Waals surface area contributed by atoms with Gasteiger partial charge in [0, 0.05) is 79.6 Å². The summed E-state index contributed by atoms with van der Waals surface area (Å²) < 4.78 is 5.47. The lowest BCUT2D eigenvalue weighted by molar-refractivity contribution is 0.0336. The van der Waals surface area contributed by atoms with Gasteiger partial charge in [0.15, 0.2) is 0 Å². The van der Waals surface area contributed by atoms with E-state index in [1.54, 1.807) is 0 Å². The number of carbonyl (C=O) groups is 1. The Morgan fingerprint density at radius 3 is 2.50 bits per heavy atom. The van der Waals surface area contributed by atoms with Gasteiger partial charge in [0.2, 0.25) is 0 Å². The number of nitrogens with zero attached hydrogens (tertiary/aromatic N) is 3. The second-order valence-electron chi connectivity index (χ2n) is 11.9. The maximum Gasteiger partial charge on any atom is 0.253 e. The van der Waals surface area contributed by atoms with Gasteiger partial charge in [0.05, 0.1) is 18.9 Å². The van der Waals surface area contributed by atoms with E-state index in [1.807, 2.05) is 39.1 Å². The molecule has 0 spiro atoms. The highest BCUT2D eigenvalue weighted by molar-refractivity contribution is 5.98. The predicted molar refractivity (Wildman–Crippen MR) is 167 cm³/mol. The third-order valence-corrected chi connectivity index (χ3v) is 8.86. The smallest absolute Gasteiger partial charge is 0.253 e. The number of H-pyrrole nitrogens is 1. The lowest BCUT2D eigenvalue weighted by Gasteiger charge is -2.36. The Bertz CT molecular complexity index is 1450. The zero-order valence-corrected chi connectivity index (χ0v) is 25.3. The van der Waals surface area contributed by atoms with Crippen LogP contribution in [-0.4, -0.2) is 66.2 Å². The SMILES string of the molecule is Cc1cc(C)c(CNC(=O)c2cc(-c3ccc(CN4CCOCC4)nc3)cc(N(C)C3CCC(N)CC3)c2C)c(=O)[nH]1. The normalized spacial score (nSPS) is 19.5. The molecule has 1 saturated carbocycles. The number of hydrogen-bond donors (Lipinski definition) is 3. The highest BCUT2D eigenvalue weighted by Gasteiger charge is 2.25. The Morgan fingerprint density at radius 1 is 1.10 bits per heavy atom. The number of morpholine rings is 1. The van der Waals surface area contributed by atoms with Crippen molar-refractivity contribution in [1.29, 1.82) is 0 Å². The number of pyridine rings is 2. The van der Waals surface area contributed by atoms with Crippen LogP contribution in [0.3, 0.4) is 0 Å². The van der Waals surface area contributed by atoms with Crippen molar-refractivity contribution >= 4 is 11.6 Å². The van der Waals surface area contributed by atoms with Crippen LogP contribution < -0.4 is 21.5 Å². The molecule has 2 fully saturated rings. The van der Waals surface area contributed by atoms with Crippen LogP contribution in [0.1, 0.15) is 64.1 Å². The first-order valence-electron chi connectivity index (χ1n) is 15.1. The number of nitrogens with one attached hydrogen (secondary N) is 2. The number of anilines is 1. The summed E-state index contributed by atoms with van der Waals surface area (Å²) in [7, 11) is 2.12. The average molecular weight is 573 g/mol. The van der Waals surface area contributed by atoms with E-state index in [1.165, 1.54) is 0 Å². The Hall–Kier alpha value is -3.53. The summed E-state index contributed by atoms with van der Waals surface area (Å²) >= 11 is 0. The maximum atomic E-state index is 13.7. The average Bonchev–Trinajstić information content (AvgIpc) is 2.97. The van der Waals surface area contributed by atoms with E-state index in [0.29, 0.717) is 17.2 Å². The van der Waals surface area contributed by atoms with Gasteiger partial charge in [0.1, 0.15) is 0 Å². The van der Waals surface area contributed by atoms with Crippen molar-refractivity contribution in [2.45, 2.75) is 71.6 Å². The number of aryl methyl sites for hydroxylation is 2. The molecule has 0 radical (unpaired) electrons. The van der Waals surface area contributed by atoms with Crippen molar-refractivity contribution in [2.24, 2.45) is 5.73 Å². The third kappa shape index (κ3) is 6.91. The molecule has 3 aromatic rings. The monoisotopic (exact) mass is 572 g/mol. The number of benzene rings is 1. The van der Waals surface area contributed by atoms with Gasteiger partial charge in [-0.3, -0.25) is 19.5 Å². The quantitative estimate of drug-likeness (QED) is 0.376. The van der Waals surface area contributed by atoms with Crippen LogP contribution in [0.5, 0.6) is 0 Å². The summed E-state index contributed by atoms with van der Waals surface area (Å²) in [6, 6.07) is 10.8. The number of carbonyl (C=O) groups excluding carboxylic acids is 1. The van der Waals surface area contributed by atoms with Gasteiger partial charge in [-0.1, -0.05) is 6.07 Å². The first-order valence-corrected chi connectivity index (χ1v) is 15.1. The lowest BCUT2D eigenvalue weighted by atomic mass is 9.89. The van der Waals surface area contributed by atoms with E-state index in [-0.39, 0.29) is 24.1 Å². The molecular weight excluding hydrogens is 528 g/mol. The summed E-state index contributed by atoms with van der Waals surface area (Å²) in [5, 5.41) is 3.02. The number of aromatic amines is 1. The Kier molecular flexibility index (Phi) is 9.40. The number of nitrogens with two attached hydrogens (primary N) is 1. The molecule has 1 aromatic carbocycles. The van der Waals surface area contributed by atoms with E-state index in [2.05, 4.69) is 45.3 Å². The molecule has 0 bridgehead atoms. The van der Waals surface area contributed by atoms with Crippen LogP contribution >= 0.6 is 0 Å². The Balaban J connectivity index is 1.44. The number of amides is 1. The van der Waals surface area contributed by atoms with Crippen molar-refractivity contribution in [3.63, 3.8) is 0 Å². The minimum absolute atomic E-state index is 0.160. The molecule has 1 amide bonds. The van der Waals surface area contributed by atoms with Crippen molar-refractivity contribution in [3.8, 4) is 11.1 Å². The third-order valence-electron chi connectivity index (χ3n) is 8.86. The molecule has 42 heavy (non-hydrogen) atoms. The van der Waals surface area contributed by atoms with Crippen LogP contribution in [0.25, 0.3) is 11.1 Å². The molecule has 3 heterocycles. The van der Waals surface area contributed by atoms with Gasteiger partial charge in [-0.15, -0.1) is 0 Å². The van der Waals surface area contributed by atoms with E-state index in [9.17, 15) is 9.59 Å². The van der Waals surface area contributed by atoms with Crippen LogP contribution in [0, 0.1) is 20.8 Å². The highest BCUT2D eigenvalue weighted by Crippen LogP contribution is 2.34. The van der Waals surface area contributed by atoms with Gasteiger partial charge in [0.25, 0.3) is 11.5 Å². The molecule has 1 aliphatic heterocycles. The predicted octanol–water partition coefficient (Wildman–Crippen LogP) is 3.83. The first-order chi connectivity index (χ1) is 20.2. The van der Waals surface area contributed by atoms with Gasteiger partial charge in [-0.25, -0.2) is 0 Å². The number of rotatable bonds is 8. The van der Waals surface area contributed by atoms with Gasteiger partial charge < -0.3 is 25.7 Å². The zero-order chi connectivity index (χ0) is 29.8. The van der Waals surface area contributed by atoms with Crippen molar-refractivity contribution < 1.29 is 9.53 Å². The molecule has 1 aliphatic carbocycles. The Morgan fingerprint density at radius 2 is 1.83 bits per heavy atom. The lowest BCUT2D eigenvalue weighted by Crippen LogP contribution is -2.39. The molecular formula is C33H44N6O3. The summed E-state index contributed by atoms with van der Waals surface area (Å²) in [5.41, 5.74) is 13.7. The zero-order valence-electron chi connectivity index (χ0n) is 25.3. The fraction of sp³-hybridized carbons (Fsp3) is 0.485. The first kappa shape index (κ1) is 29.9. The van der Waals surface area contributed by atoms with Crippen LogP contribution in [-0.2, 0) is 17.8 Å². The molecule has 224 valence electrons. The van der Waals surface area contributed by atoms with Gasteiger partial charge in [-0.05, 0) is 87.4 Å². The molecule has 2 aliphatic rings. The molecule has 9 nitrogen and oxygen atoms in total. The Labute approximate surface area is 248 Å². The molecule has 0 unspecified atom stereocenters. The van der Waals surface area contributed by atoms with E-state index < -0.39 is 0 Å². The number of hydrogen-bond acceptors (Lipinski definition) is 7. The fourth-order valence-corrected chi connectivity index (χ4v) is 6.20. The van der Waals surface area contributed by atoms with Crippen molar-refractivity contribution in [3.05, 3.63) is 80.5 Å². The molecule has 4 N–H and O–H groups in total. The van der Waals surface area contributed by atoms with E-state index >= 15 is 0 Å². The van der Waals surface area contributed by atoms with Crippen LogP contribution in [0.2, 0.25) is 0 Å². The minimum atomic E-state index is -0.203. The standard InChI is InChI=1S/C33H44N6O3/c1-21-15-22(2)37-33(41)30(21)19-36-32(40)29-16-25(17-31(23(29)3)38(4)28-9-6-26(34)7-10-28)24-5-8-27(35-18-24)20-39-11-13-42-14-12-39/h5,8,15-18,26,28H,6-7,9-14,19-20,34H2,1-4H3,(H,36,40)(H,37,41). The van der Waals surface area contributed by atoms with Crippen molar-refractivity contribution in [1.82, 2.24) is 20.2 Å². The minimum Gasteiger partial charge on any atom is -0.379 e. The van der Waals surface area contributed by atoms with Crippen LogP contribution in [0.15, 0.2) is 41.3 Å². The molecule has 9 heteroatoms. The fourth-order valence-electron chi connectivity index (χ4n) is 6.20. The van der Waals surface area contributed by atoms with Gasteiger partial charge >= 0.3 is 0 Å². The topological polar surface area (TPSA) is 117 Å². The molecule has 0 atom stereocenters. The summed E-state index contributed by atoms with van der Waals surface area (Å²) in [6.07, 6.45) is 5.95. The molecule has 2 aromatic heterocycles. The maximum absolute atomic E-state index is 13.7. The van der Waals surface area contributed by atoms with E-state index in [0.717, 1.165) is 97.9 Å². The second-order valence-corrected chi connectivity index (χ2v) is 11.9. The summed E-state index contributed by atoms with van der Waals surface area (Å²) in [6.45, 7) is 10.1. The highest BCUT2D eigenvalue weighted by atomic mass is 16.5. The van der Waals surface area contributed by atoms with Gasteiger partial charge in [-0.2, -0.15) is 0 Å². The largest absolute Gasteiger partial charge is 0.379 e.